The highest BCUT2D eigenvalue weighted by Gasteiger charge is 2.10. The standard InChI is InChI=1S/C21H18N4O2S/c1-2-27-16-8-5-7-15(12-16)20-23-24-21(28)25(20)22-13-18-17-9-4-3-6-14(17)10-11-19(18)26/h3-13,26H,2H2,1H3,(H,24,28)/b22-13+. The minimum atomic E-state index is 0.150. The molecule has 4 rings (SSSR count). The SMILES string of the molecule is CCOc1cccc(-c2n[nH]c(=S)n2/N=C/c2c(O)ccc3ccccc23)c1. The molecule has 0 saturated heterocycles. The molecule has 7 heteroatoms. The molecule has 0 saturated carbocycles. The molecule has 0 radical (unpaired) electrons. The van der Waals surface area contributed by atoms with E-state index in [1.807, 2.05) is 61.5 Å². The Bertz CT molecular complexity index is 1230. The molecule has 0 fully saturated rings. The van der Waals surface area contributed by atoms with Gasteiger partial charge >= 0.3 is 0 Å². The molecule has 0 aliphatic rings. The van der Waals surface area contributed by atoms with Gasteiger partial charge in [-0.1, -0.05) is 42.5 Å². The van der Waals surface area contributed by atoms with E-state index in [2.05, 4.69) is 15.3 Å². The fourth-order valence-electron chi connectivity index (χ4n) is 3.01. The topological polar surface area (TPSA) is 75.4 Å². The number of nitrogens with zero attached hydrogens (tertiary/aromatic N) is 3. The molecule has 0 aliphatic heterocycles. The summed E-state index contributed by atoms with van der Waals surface area (Å²) in [4.78, 5) is 0. The zero-order valence-electron chi connectivity index (χ0n) is 15.2. The van der Waals surface area contributed by atoms with Crippen molar-refractivity contribution in [2.45, 2.75) is 6.92 Å². The Kier molecular flexibility index (Phi) is 4.90. The van der Waals surface area contributed by atoms with Crippen molar-refractivity contribution in [3.63, 3.8) is 0 Å². The summed E-state index contributed by atoms with van der Waals surface area (Å²) in [6.07, 6.45) is 1.60. The highest BCUT2D eigenvalue weighted by Crippen LogP contribution is 2.26. The van der Waals surface area contributed by atoms with Gasteiger partial charge in [0, 0.05) is 11.1 Å². The van der Waals surface area contributed by atoms with E-state index >= 15 is 0 Å². The van der Waals surface area contributed by atoms with E-state index in [1.165, 1.54) is 4.68 Å². The molecule has 1 aromatic heterocycles. The van der Waals surface area contributed by atoms with Crippen LogP contribution in [0.1, 0.15) is 12.5 Å². The number of hydrogen-bond donors (Lipinski definition) is 2. The van der Waals surface area contributed by atoms with Crippen molar-refractivity contribution in [2.75, 3.05) is 6.61 Å². The Labute approximate surface area is 166 Å². The summed E-state index contributed by atoms with van der Waals surface area (Å²) in [5.41, 5.74) is 1.44. The van der Waals surface area contributed by atoms with Gasteiger partial charge in [0.05, 0.1) is 12.8 Å². The van der Waals surface area contributed by atoms with Crippen LogP contribution in [0.4, 0.5) is 0 Å². The third kappa shape index (κ3) is 3.39. The van der Waals surface area contributed by atoms with Crippen LogP contribution < -0.4 is 4.74 Å². The number of ether oxygens (including phenoxy) is 1. The van der Waals surface area contributed by atoms with Gasteiger partial charge in [-0.05, 0) is 48.1 Å². The van der Waals surface area contributed by atoms with E-state index in [9.17, 15) is 5.11 Å². The van der Waals surface area contributed by atoms with Crippen LogP contribution in [0, 0.1) is 4.77 Å². The van der Waals surface area contributed by atoms with Gasteiger partial charge in [-0.2, -0.15) is 14.9 Å². The first kappa shape index (κ1) is 17.9. The number of hydrogen-bond acceptors (Lipinski definition) is 5. The molecule has 2 N–H and O–H groups in total. The molecule has 4 aromatic rings. The average molecular weight is 390 g/mol. The lowest BCUT2D eigenvalue weighted by Crippen LogP contribution is -1.97. The van der Waals surface area contributed by atoms with Gasteiger partial charge < -0.3 is 9.84 Å². The third-order valence-corrected chi connectivity index (χ3v) is 4.57. The molecule has 1 heterocycles. The van der Waals surface area contributed by atoms with Crippen LogP contribution in [0.25, 0.3) is 22.2 Å². The summed E-state index contributed by atoms with van der Waals surface area (Å²) < 4.78 is 7.45. The normalized spacial score (nSPS) is 11.3. The molecule has 3 aromatic carbocycles. The predicted octanol–water partition coefficient (Wildman–Crippen LogP) is 4.75. The highest BCUT2D eigenvalue weighted by molar-refractivity contribution is 7.71. The lowest BCUT2D eigenvalue weighted by Gasteiger charge is -2.06. The van der Waals surface area contributed by atoms with Crippen LogP contribution in [0.5, 0.6) is 11.5 Å². The first-order valence-electron chi connectivity index (χ1n) is 8.83. The van der Waals surface area contributed by atoms with Crippen molar-refractivity contribution in [1.29, 1.82) is 0 Å². The zero-order chi connectivity index (χ0) is 19.5. The number of H-pyrrole nitrogens is 1. The molecular formula is C21H18N4O2S. The molecule has 6 nitrogen and oxygen atoms in total. The van der Waals surface area contributed by atoms with Crippen molar-refractivity contribution < 1.29 is 9.84 Å². The summed E-state index contributed by atoms with van der Waals surface area (Å²) in [5, 5.41) is 23.8. The van der Waals surface area contributed by atoms with Gasteiger partial charge in [-0.15, -0.1) is 0 Å². The summed E-state index contributed by atoms with van der Waals surface area (Å²) in [6.45, 7) is 2.51. The number of fused-ring (bicyclic) bond motifs is 1. The number of aromatic nitrogens is 3. The zero-order valence-corrected chi connectivity index (χ0v) is 16.0. The molecule has 0 aliphatic carbocycles. The monoisotopic (exact) mass is 390 g/mol. The van der Waals surface area contributed by atoms with Crippen molar-refractivity contribution >= 4 is 29.2 Å². The molecule has 0 spiro atoms. The van der Waals surface area contributed by atoms with E-state index in [1.54, 1.807) is 12.3 Å². The van der Waals surface area contributed by atoms with Crippen LogP contribution in [0.2, 0.25) is 0 Å². The van der Waals surface area contributed by atoms with Gasteiger partial charge in [-0.3, -0.25) is 0 Å². The molecular weight excluding hydrogens is 372 g/mol. The van der Waals surface area contributed by atoms with Gasteiger partial charge in [0.2, 0.25) is 4.77 Å². The van der Waals surface area contributed by atoms with Crippen LogP contribution in [0.15, 0.2) is 65.8 Å². The van der Waals surface area contributed by atoms with Crippen LogP contribution in [-0.2, 0) is 0 Å². The fraction of sp³-hybridized carbons (Fsp3) is 0.0952. The molecule has 0 unspecified atom stereocenters. The van der Waals surface area contributed by atoms with Gasteiger partial charge in [0.15, 0.2) is 5.82 Å². The Hall–Kier alpha value is -3.45. The first-order chi connectivity index (χ1) is 13.7. The summed E-state index contributed by atoms with van der Waals surface area (Å²) in [7, 11) is 0. The number of aromatic amines is 1. The fourth-order valence-corrected chi connectivity index (χ4v) is 3.19. The predicted molar refractivity (Wildman–Crippen MR) is 113 cm³/mol. The Morgan fingerprint density at radius 3 is 2.89 bits per heavy atom. The Morgan fingerprint density at radius 1 is 1.18 bits per heavy atom. The van der Waals surface area contributed by atoms with E-state index in [-0.39, 0.29) is 5.75 Å². The lowest BCUT2D eigenvalue weighted by atomic mass is 10.0. The summed E-state index contributed by atoms with van der Waals surface area (Å²) in [5.74, 6) is 1.45. The van der Waals surface area contributed by atoms with Crippen LogP contribution in [-0.4, -0.2) is 32.8 Å². The molecule has 140 valence electrons. The second-order valence-corrected chi connectivity index (χ2v) is 6.48. The maximum atomic E-state index is 10.3. The largest absolute Gasteiger partial charge is 0.507 e. The average Bonchev–Trinajstić information content (AvgIpc) is 3.08. The maximum Gasteiger partial charge on any atom is 0.216 e. The maximum absolute atomic E-state index is 10.3. The first-order valence-corrected chi connectivity index (χ1v) is 9.24. The van der Waals surface area contributed by atoms with Gasteiger partial charge in [0.25, 0.3) is 0 Å². The minimum absolute atomic E-state index is 0.150. The lowest BCUT2D eigenvalue weighted by molar-refractivity contribution is 0.340. The van der Waals surface area contributed by atoms with Gasteiger partial charge in [0.1, 0.15) is 11.5 Å². The number of phenolic OH excluding ortho intramolecular Hbond substituents is 1. The van der Waals surface area contributed by atoms with E-state index in [4.69, 9.17) is 17.0 Å². The van der Waals surface area contributed by atoms with Gasteiger partial charge in [-0.25, -0.2) is 5.10 Å². The minimum Gasteiger partial charge on any atom is -0.507 e. The highest BCUT2D eigenvalue weighted by atomic mass is 32.1. The second kappa shape index (κ2) is 7.66. The van der Waals surface area contributed by atoms with E-state index in [0.29, 0.717) is 22.8 Å². The number of nitrogens with one attached hydrogen (secondary N) is 1. The van der Waals surface area contributed by atoms with E-state index < -0.39 is 0 Å². The van der Waals surface area contributed by atoms with Crippen molar-refractivity contribution in [3.8, 4) is 22.9 Å². The number of rotatable bonds is 5. The van der Waals surface area contributed by atoms with Crippen LogP contribution >= 0.6 is 12.2 Å². The van der Waals surface area contributed by atoms with Crippen LogP contribution in [0.3, 0.4) is 0 Å². The summed E-state index contributed by atoms with van der Waals surface area (Å²) in [6, 6.07) is 18.9. The number of aromatic hydroxyl groups is 1. The van der Waals surface area contributed by atoms with E-state index in [0.717, 1.165) is 22.1 Å². The molecule has 0 atom stereocenters. The summed E-state index contributed by atoms with van der Waals surface area (Å²) >= 11 is 5.34. The number of phenols is 1. The molecule has 0 amide bonds. The Balaban J connectivity index is 1.79. The van der Waals surface area contributed by atoms with Crippen molar-refractivity contribution in [3.05, 3.63) is 71.0 Å². The second-order valence-electron chi connectivity index (χ2n) is 6.09. The Morgan fingerprint density at radius 2 is 2.04 bits per heavy atom. The smallest absolute Gasteiger partial charge is 0.216 e. The van der Waals surface area contributed by atoms with Crippen molar-refractivity contribution in [2.24, 2.45) is 5.10 Å². The number of benzene rings is 3. The third-order valence-electron chi connectivity index (χ3n) is 4.30. The van der Waals surface area contributed by atoms with Crippen molar-refractivity contribution in [1.82, 2.24) is 14.9 Å². The molecule has 28 heavy (non-hydrogen) atoms. The molecule has 0 bridgehead atoms. The quantitative estimate of drug-likeness (QED) is 0.381.